The molecule has 20 heavy (non-hydrogen) atoms. The van der Waals surface area contributed by atoms with Crippen LogP contribution in [-0.4, -0.2) is 30.6 Å². The number of halogens is 1. The smallest absolute Gasteiger partial charge is 0.207 e. The van der Waals surface area contributed by atoms with Gasteiger partial charge in [-0.15, -0.1) is 0 Å². The van der Waals surface area contributed by atoms with Crippen LogP contribution >= 0.6 is 15.9 Å². The maximum Gasteiger partial charge on any atom is 0.243 e. The molecule has 3 nitrogen and oxygen atoms in total. The molecule has 0 fully saturated rings. The Bertz CT molecular complexity index is 720. The van der Waals surface area contributed by atoms with Crippen LogP contribution in [0.15, 0.2) is 47.4 Å². The second kappa shape index (κ2) is 5.47. The standard InChI is InChI=1S/C15H18BrNO2S/c1-15(2,11-16)17(3)20(18,19)14-10-6-8-12-7-4-5-9-13(12)14/h4-10H,11H2,1-3H3. The molecule has 2 aromatic rings. The van der Waals surface area contributed by atoms with Gasteiger partial charge < -0.3 is 0 Å². The van der Waals surface area contributed by atoms with Gasteiger partial charge in [-0.25, -0.2) is 8.42 Å². The molecule has 0 radical (unpaired) electrons. The maximum atomic E-state index is 12.9. The minimum Gasteiger partial charge on any atom is -0.207 e. The average Bonchev–Trinajstić information content (AvgIpc) is 2.45. The summed E-state index contributed by atoms with van der Waals surface area (Å²) < 4.78 is 27.1. The van der Waals surface area contributed by atoms with Gasteiger partial charge in [0.1, 0.15) is 0 Å². The van der Waals surface area contributed by atoms with Gasteiger partial charge in [0.25, 0.3) is 0 Å². The third kappa shape index (κ3) is 2.62. The van der Waals surface area contributed by atoms with Crippen molar-refractivity contribution in [3.63, 3.8) is 0 Å². The Morgan fingerprint density at radius 2 is 1.70 bits per heavy atom. The summed E-state index contributed by atoms with van der Waals surface area (Å²) in [6.07, 6.45) is 0. The van der Waals surface area contributed by atoms with E-state index in [0.29, 0.717) is 10.2 Å². The molecule has 0 atom stereocenters. The lowest BCUT2D eigenvalue weighted by Gasteiger charge is -2.33. The molecule has 0 heterocycles. The van der Waals surface area contributed by atoms with Gasteiger partial charge in [0.05, 0.1) is 4.90 Å². The van der Waals surface area contributed by atoms with Crippen molar-refractivity contribution in [2.24, 2.45) is 0 Å². The fraction of sp³-hybridized carbons (Fsp3) is 0.333. The van der Waals surface area contributed by atoms with Crippen LogP contribution in [0, 0.1) is 0 Å². The van der Waals surface area contributed by atoms with Gasteiger partial charge in [-0.2, -0.15) is 4.31 Å². The van der Waals surface area contributed by atoms with Crippen molar-refractivity contribution in [3.8, 4) is 0 Å². The first kappa shape index (κ1) is 15.5. The summed E-state index contributed by atoms with van der Waals surface area (Å²) in [6, 6.07) is 12.9. The Balaban J connectivity index is 2.64. The van der Waals surface area contributed by atoms with Crippen LogP contribution in [0.4, 0.5) is 0 Å². The SMILES string of the molecule is CN(C(C)(C)CBr)S(=O)(=O)c1cccc2ccccc12. The lowest BCUT2D eigenvalue weighted by Crippen LogP contribution is -2.46. The van der Waals surface area contributed by atoms with Crippen LogP contribution in [-0.2, 0) is 10.0 Å². The maximum absolute atomic E-state index is 12.9. The van der Waals surface area contributed by atoms with E-state index in [4.69, 9.17) is 0 Å². The molecule has 0 unspecified atom stereocenters. The number of fused-ring (bicyclic) bond motifs is 1. The van der Waals surface area contributed by atoms with E-state index in [1.807, 2.05) is 44.2 Å². The van der Waals surface area contributed by atoms with Gasteiger partial charge >= 0.3 is 0 Å². The predicted molar refractivity (Wildman–Crippen MR) is 86.8 cm³/mol. The molecule has 0 aromatic heterocycles. The third-order valence-corrected chi connectivity index (χ3v) is 7.07. The minimum atomic E-state index is -3.53. The van der Waals surface area contributed by atoms with Crippen LogP contribution in [0.1, 0.15) is 13.8 Å². The van der Waals surface area contributed by atoms with E-state index in [2.05, 4.69) is 15.9 Å². The van der Waals surface area contributed by atoms with Crippen LogP contribution in [0.25, 0.3) is 10.8 Å². The number of rotatable bonds is 4. The van der Waals surface area contributed by atoms with Gasteiger partial charge in [0.2, 0.25) is 10.0 Å². The van der Waals surface area contributed by atoms with Crippen molar-refractivity contribution in [1.82, 2.24) is 4.31 Å². The number of hydrogen-bond donors (Lipinski definition) is 0. The summed E-state index contributed by atoms with van der Waals surface area (Å²) in [5.41, 5.74) is -0.490. The molecule has 2 rings (SSSR count). The van der Waals surface area contributed by atoms with E-state index >= 15 is 0 Å². The normalized spacial score (nSPS) is 13.1. The molecule has 0 N–H and O–H groups in total. The molecule has 0 saturated carbocycles. The van der Waals surface area contributed by atoms with Crippen molar-refractivity contribution in [2.75, 3.05) is 12.4 Å². The molecule has 0 aliphatic heterocycles. The Morgan fingerprint density at radius 1 is 1.10 bits per heavy atom. The number of hydrogen-bond acceptors (Lipinski definition) is 2. The van der Waals surface area contributed by atoms with Crippen molar-refractivity contribution in [1.29, 1.82) is 0 Å². The van der Waals surface area contributed by atoms with Crippen molar-refractivity contribution in [3.05, 3.63) is 42.5 Å². The molecule has 0 amide bonds. The van der Waals surface area contributed by atoms with E-state index < -0.39 is 15.6 Å². The molecule has 0 aliphatic carbocycles. The van der Waals surface area contributed by atoms with Crippen molar-refractivity contribution < 1.29 is 8.42 Å². The molecule has 108 valence electrons. The average molecular weight is 356 g/mol. The highest BCUT2D eigenvalue weighted by Gasteiger charge is 2.33. The van der Waals surface area contributed by atoms with Gasteiger partial charge in [0.15, 0.2) is 0 Å². The summed E-state index contributed by atoms with van der Waals surface area (Å²) >= 11 is 3.38. The molecular formula is C15H18BrNO2S. The van der Waals surface area contributed by atoms with E-state index in [0.717, 1.165) is 10.8 Å². The Hall–Kier alpha value is -0.910. The van der Waals surface area contributed by atoms with E-state index in [-0.39, 0.29) is 0 Å². The van der Waals surface area contributed by atoms with Crippen LogP contribution in [0.3, 0.4) is 0 Å². The molecule has 0 bridgehead atoms. The van der Waals surface area contributed by atoms with E-state index in [1.54, 1.807) is 19.2 Å². The Kier molecular flexibility index (Phi) is 4.23. The lowest BCUT2D eigenvalue weighted by molar-refractivity contribution is 0.300. The minimum absolute atomic E-state index is 0.354. The zero-order valence-electron chi connectivity index (χ0n) is 11.8. The first-order chi connectivity index (χ1) is 9.30. The van der Waals surface area contributed by atoms with Crippen LogP contribution in [0.5, 0.6) is 0 Å². The molecular weight excluding hydrogens is 338 g/mol. The second-order valence-corrected chi connectivity index (χ2v) is 7.89. The summed E-state index contributed by atoms with van der Waals surface area (Å²) in [4.78, 5) is 0.354. The first-order valence-corrected chi connectivity index (χ1v) is 8.89. The van der Waals surface area contributed by atoms with Gasteiger partial charge in [0, 0.05) is 23.3 Å². The fourth-order valence-corrected chi connectivity index (χ4v) is 4.24. The largest absolute Gasteiger partial charge is 0.243 e. The van der Waals surface area contributed by atoms with Crippen LogP contribution in [0.2, 0.25) is 0 Å². The zero-order valence-corrected chi connectivity index (χ0v) is 14.2. The van der Waals surface area contributed by atoms with Gasteiger partial charge in [-0.1, -0.05) is 52.3 Å². The summed E-state index contributed by atoms with van der Waals surface area (Å²) in [6.45, 7) is 3.79. The Labute approximate surface area is 128 Å². The monoisotopic (exact) mass is 355 g/mol. The van der Waals surface area contributed by atoms with E-state index in [9.17, 15) is 8.42 Å². The number of nitrogens with zero attached hydrogens (tertiary/aromatic N) is 1. The second-order valence-electron chi connectivity index (χ2n) is 5.40. The highest BCUT2D eigenvalue weighted by Crippen LogP contribution is 2.29. The molecule has 0 aliphatic rings. The first-order valence-electron chi connectivity index (χ1n) is 6.33. The third-order valence-electron chi connectivity index (χ3n) is 3.57. The molecule has 2 aromatic carbocycles. The number of alkyl halides is 1. The van der Waals surface area contributed by atoms with Crippen LogP contribution < -0.4 is 0 Å². The van der Waals surface area contributed by atoms with E-state index in [1.165, 1.54) is 4.31 Å². The lowest BCUT2D eigenvalue weighted by atomic mass is 10.1. The predicted octanol–water partition coefficient (Wildman–Crippen LogP) is 3.63. The molecule has 5 heteroatoms. The van der Waals surface area contributed by atoms with Crippen molar-refractivity contribution >= 4 is 36.7 Å². The van der Waals surface area contributed by atoms with Gasteiger partial charge in [-0.05, 0) is 25.3 Å². The number of benzene rings is 2. The highest BCUT2D eigenvalue weighted by atomic mass is 79.9. The van der Waals surface area contributed by atoms with Crippen molar-refractivity contribution in [2.45, 2.75) is 24.3 Å². The summed E-state index contributed by atoms with van der Waals surface area (Å²) in [7, 11) is -1.91. The molecule has 0 spiro atoms. The zero-order chi connectivity index (χ0) is 15.0. The van der Waals surface area contributed by atoms with Gasteiger partial charge in [-0.3, -0.25) is 0 Å². The fourth-order valence-electron chi connectivity index (χ4n) is 1.98. The highest BCUT2D eigenvalue weighted by molar-refractivity contribution is 9.09. The summed E-state index contributed by atoms with van der Waals surface area (Å²) in [5, 5.41) is 2.26. The quantitative estimate of drug-likeness (QED) is 0.785. The molecule has 0 saturated heterocycles. The Morgan fingerprint density at radius 3 is 2.35 bits per heavy atom. The number of sulfonamides is 1. The topological polar surface area (TPSA) is 37.4 Å². The summed E-state index contributed by atoms with van der Waals surface area (Å²) in [5.74, 6) is 0.